The van der Waals surface area contributed by atoms with Gasteiger partial charge >= 0.3 is 6.09 Å². The minimum Gasteiger partial charge on any atom is -0.496 e. The smallest absolute Gasteiger partial charge is 0.412 e. The van der Waals surface area contributed by atoms with Gasteiger partial charge in [-0.05, 0) is 81.3 Å². The lowest BCUT2D eigenvalue weighted by atomic mass is 9.96. The molecule has 6 heteroatoms. The summed E-state index contributed by atoms with van der Waals surface area (Å²) in [6.45, 7) is 10.5. The third-order valence-corrected chi connectivity index (χ3v) is 5.47. The normalized spacial score (nSPS) is 10.4. The van der Waals surface area contributed by atoms with E-state index in [0.717, 1.165) is 33.6 Å². The largest absolute Gasteiger partial charge is 0.496 e. The van der Waals surface area contributed by atoms with Gasteiger partial charge in [-0.15, -0.1) is 0 Å². The van der Waals surface area contributed by atoms with E-state index in [4.69, 9.17) is 18.9 Å². The molecule has 0 atom stereocenters. The second kappa shape index (κ2) is 11.5. The standard InChI is InChI=1S/C26H35NO5/c1-16(2)9-12-21-18(4)23(30-7)25(31-8)24(19(21)5)32-26(28)27-14-13-20-11-10-17(3)22(15-20)29-6/h9-11,15H,12-14H2,1-8H3,(H,27,28). The fraction of sp³-hybridized carbons (Fsp3) is 0.423. The molecule has 2 rings (SSSR count). The van der Waals surface area contributed by atoms with Gasteiger partial charge in [-0.1, -0.05) is 23.8 Å². The van der Waals surface area contributed by atoms with Crippen molar-refractivity contribution in [3.63, 3.8) is 0 Å². The number of rotatable bonds is 9. The Kier molecular flexibility index (Phi) is 9.00. The van der Waals surface area contributed by atoms with Crippen LogP contribution in [0.2, 0.25) is 0 Å². The number of carbonyl (C=O) groups is 1. The number of hydrogen-bond donors (Lipinski definition) is 1. The highest BCUT2D eigenvalue weighted by atomic mass is 16.6. The number of benzene rings is 2. The van der Waals surface area contributed by atoms with Gasteiger partial charge in [-0.2, -0.15) is 0 Å². The molecule has 0 aliphatic heterocycles. The topological polar surface area (TPSA) is 66.0 Å². The molecular weight excluding hydrogens is 406 g/mol. The van der Waals surface area contributed by atoms with Gasteiger partial charge in [-0.25, -0.2) is 4.79 Å². The number of allylic oxidation sites excluding steroid dienone is 2. The zero-order chi connectivity index (χ0) is 23.8. The van der Waals surface area contributed by atoms with E-state index in [1.54, 1.807) is 21.3 Å². The summed E-state index contributed by atoms with van der Waals surface area (Å²) in [6, 6.07) is 6.02. The molecule has 0 spiro atoms. The number of methoxy groups -OCH3 is 3. The Morgan fingerprint density at radius 2 is 1.59 bits per heavy atom. The van der Waals surface area contributed by atoms with Gasteiger partial charge < -0.3 is 24.3 Å². The van der Waals surface area contributed by atoms with Crippen molar-refractivity contribution in [3.05, 3.63) is 57.7 Å². The van der Waals surface area contributed by atoms with E-state index < -0.39 is 6.09 Å². The summed E-state index contributed by atoms with van der Waals surface area (Å²) in [5.74, 6) is 2.20. The molecule has 0 saturated carbocycles. The molecule has 6 nitrogen and oxygen atoms in total. The van der Waals surface area contributed by atoms with Gasteiger partial charge in [0.2, 0.25) is 5.75 Å². The van der Waals surface area contributed by atoms with E-state index in [1.807, 2.05) is 39.0 Å². The number of hydrogen-bond acceptors (Lipinski definition) is 5. The fourth-order valence-corrected chi connectivity index (χ4v) is 3.62. The van der Waals surface area contributed by atoms with Gasteiger partial charge in [0.05, 0.1) is 21.3 Å². The lowest BCUT2D eigenvalue weighted by Gasteiger charge is -2.21. The third-order valence-electron chi connectivity index (χ3n) is 5.47. The van der Waals surface area contributed by atoms with Crippen LogP contribution in [0.4, 0.5) is 4.79 Å². The monoisotopic (exact) mass is 441 g/mol. The minimum atomic E-state index is -0.537. The van der Waals surface area contributed by atoms with Crippen LogP contribution in [0.1, 0.15) is 41.7 Å². The molecule has 0 fully saturated rings. The van der Waals surface area contributed by atoms with Crippen LogP contribution in [0.15, 0.2) is 29.8 Å². The van der Waals surface area contributed by atoms with E-state index in [-0.39, 0.29) is 0 Å². The van der Waals surface area contributed by atoms with Crippen LogP contribution in [-0.4, -0.2) is 34.0 Å². The van der Waals surface area contributed by atoms with Gasteiger partial charge in [-0.3, -0.25) is 0 Å². The second-order valence-corrected chi connectivity index (χ2v) is 7.98. The van der Waals surface area contributed by atoms with Gasteiger partial charge in [0, 0.05) is 6.54 Å². The first kappa shape index (κ1) is 25.1. The quantitative estimate of drug-likeness (QED) is 0.522. The number of aryl methyl sites for hydroxylation is 1. The second-order valence-electron chi connectivity index (χ2n) is 7.98. The van der Waals surface area contributed by atoms with Crippen molar-refractivity contribution < 1.29 is 23.7 Å². The summed E-state index contributed by atoms with van der Waals surface area (Å²) in [4.78, 5) is 12.6. The highest BCUT2D eigenvalue weighted by Crippen LogP contribution is 2.45. The molecule has 0 heterocycles. The number of amides is 1. The van der Waals surface area contributed by atoms with E-state index in [1.165, 1.54) is 5.57 Å². The van der Waals surface area contributed by atoms with Crippen molar-refractivity contribution in [1.29, 1.82) is 0 Å². The van der Waals surface area contributed by atoms with Crippen molar-refractivity contribution in [2.45, 2.75) is 47.5 Å². The molecule has 2 aromatic rings. The molecule has 0 aliphatic rings. The highest BCUT2D eigenvalue weighted by Gasteiger charge is 2.24. The lowest BCUT2D eigenvalue weighted by molar-refractivity contribution is 0.197. The Bertz CT molecular complexity index is 990. The van der Waals surface area contributed by atoms with Crippen LogP contribution in [0, 0.1) is 20.8 Å². The van der Waals surface area contributed by atoms with Gasteiger partial charge in [0.25, 0.3) is 0 Å². The van der Waals surface area contributed by atoms with Crippen LogP contribution in [0.25, 0.3) is 0 Å². The van der Waals surface area contributed by atoms with Crippen LogP contribution in [-0.2, 0) is 12.8 Å². The first-order valence-electron chi connectivity index (χ1n) is 10.7. The van der Waals surface area contributed by atoms with Crippen molar-refractivity contribution in [3.8, 4) is 23.0 Å². The van der Waals surface area contributed by atoms with E-state index >= 15 is 0 Å². The Labute approximate surface area is 191 Å². The van der Waals surface area contributed by atoms with Gasteiger partial charge in [0.15, 0.2) is 11.5 Å². The Balaban J connectivity index is 2.20. The molecule has 0 bridgehead atoms. The molecule has 0 saturated heterocycles. The molecule has 0 unspecified atom stereocenters. The van der Waals surface area contributed by atoms with Crippen LogP contribution >= 0.6 is 0 Å². The maximum absolute atomic E-state index is 12.6. The summed E-state index contributed by atoms with van der Waals surface area (Å²) in [5.41, 5.74) is 6.24. The Morgan fingerprint density at radius 1 is 0.938 bits per heavy atom. The fourth-order valence-electron chi connectivity index (χ4n) is 3.62. The number of ether oxygens (including phenoxy) is 4. The summed E-state index contributed by atoms with van der Waals surface area (Å²) < 4.78 is 22.2. The third kappa shape index (κ3) is 5.96. The lowest BCUT2D eigenvalue weighted by Crippen LogP contribution is -2.29. The van der Waals surface area contributed by atoms with Crippen LogP contribution in [0.5, 0.6) is 23.0 Å². The van der Waals surface area contributed by atoms with Crippen molar-refractivity contribution in [1.82, 2.24) is 5.32 Å². The minimum absolute atomic E-state index is 0.376. The maximum atomic E-state index is 12.6. The molecular formula is C26H35NO5. The summed E-state index contributed by atoms with van der Waals surface area (Å²) >= 11 is 0. The molecule has 1 amide bonds. The average Bonchev–Trinajstić information content (AvgIpc) is 2.76. The molecule has 174 valence electrons. The van der Waals surface area contributed by atoms with Crippen molar-refractivity contribution in [2.24, 2.45) is 0 Å². The van der Waals surface area contributed by atoms with Crippen LogP contribution < -0.4 is 24.3 Å². The molecule has 0 radical (unpaired) electrons. The molecule has 32 heavy (non-hydrogen) atoms. The Morgan fingerprint density at radius 3 is 2.19 bits per heavy atom. The Hall–Kier alpha value is -3.15. The summed E-state index contributed by atoms with van der Waals surface area (Å²) in [6.07, 6.45) is 2.98. The number of nitrogens with one attached hydrogen (secondary N) is 1. The van der Waals surface area contributed by atoms with Gasteiger partial charge in [0.1, 0.15) is 5.75 Å². The van der Waals surface area contributed by atoms with E-state index in [0.29, 0.717) is 36.6 Å². The predicted molar refractivity (Wildman–Crippen MR) is 128 cm³/mol. The first-order chi connectivity index (χ1) is 15.2. The molecule has 1 N–H and O–H groups in total. The van der Waals surface area contributed by atoms with Crippen molar-refractivity contribution in [2.75, 3.05) is 27.9 Å². The average molecular weight is 442 g/mol. The maximum Gasteiger partial charge on any atom is 0.412 e. The predicted octanol–water partition coefficient (Wildman–Crippen LogP) is 5.48. The zero-order valence-electron chi connectivity index (χ0n) is 20.5. The first-order valence-corrected chi connectivity index (χ1v) is 10.7. The molecule has 2 aromatic carbocycles. The number of carbonyl (C=O) groups excluding carboxylic acids is 1. The van der Waals surface area contributed by atoms with E-state index in [9.17, 15) is 4.79 Å². The summed E-state index contributed by atoms with van der Waals surface area (Å²) in [7, 11) is 4.78. The highest BCUT2D eigenvalue weighted by molar-refractivity contribution is 5.74. The summed E-state index contributed by atoms with van der Waals surface area (Å²) in [5, 5.41) is 2.82. The van der Waals surface area contributed by atoms with E-state index in [2.05, 4.69) is 25.2 Å². The molecule has 0 aromatic heterocycles. The zero-order valence-corrected chi connectivity index (χ0v) is 20.5. The van der Waals surface area contributed by atoms with Crippen molar-refractivity contribution >= 4 is 6.09 Å². The SMILES string of the molecule is COc1cc(CCNC(=O)Oc2c(C)c(CC=C(C)C)c(C)c(OC)c2OC)ccc1C. The van der Waals surface area contributed by atoms with Crippen LogP contribution in [0.3, 0.4) is 0 Å². The molecule has 0 aliphatic carbocycles.